The van der Waals surface area contributed by atoms with E-state index in [1.54, 1.807) is 11.8 Å². The molecule has 0 aromatic rings. The number of hydrogen-bond donors (Lipinski definition) is 1. The number of aliphatic carboxylic acids is 1. The molecule has 1 fully saturated rings. The van der Waals surface area contributed by atoms with E-state index in [1.807, 2.05) is 13.0 Å². The third-order valence-electron chi connectivity index (χ3n) is 2.91. The van der Waals surface area contributed by atoms with Crippen molar-refractivity contribution in [1.29, 1.82) is 0 Å². The molecule has 1 aliphatic rings. The maximum absolute atomic E-state index is 11.9. The molecule has 1 aliphatic heterocycles. The van der Waals surface area contributed by atoms with Crippen LogP contribution in [0.1, 0.15) is 33.1 Å². The third kappa shape index (κ3) is 3.08. The van der Waals surface area contributed by atoms with Crippen LogP contribution in [-0.4, -0.2) is 35.0 Å². The Morgan fingerprint density at radius 3 is 2.75 bits per heavy atom. The Morgan fingerprint density at radius 2 is 2.19 bits per heavy atom. The highest BCUT2D eigenvalue weighted by molar-refractivity contribution is 5.93. The zero-order chi connectivity index (χ0) is 12.1. The van der Waals surface area contributed by atoms with Crippen molar-refractivity contribution >= 4 is 11.9 Å². The summed E-state index contributed by atoms with van der Waals surface area (Å²) in [6, 6.07) is 0. The van der Waals surface area contributed by atoms with Gasteiger partial charge in [-0.3, -0.25) is 9.59 Å². The number of likely N-dealkylation sites (tertiary alicyclic amines) is 1. The average Bonchev–Trinajstić information content (AvgIpc) is 2.28. The molecule has 4 nitrogen and oxygen atoms in total. The number of rotatable bonds is 3. The Bertz CT molecular complexity index is 309. The van der Waals surface area contributed by atoms with Gasteiger partial charge in [0, 0.05) is 18.7 Å². The lowest BCUT2D eigenvalue weighted by molar-refractivity contribution is -0.145. The van der Waals surface area contributed by atoms with Crippen molar-refractivity contribution in [3.63, 3.8) is 0 Å². The molecule has 0 saturated carbocycles. The summed E-state index contributed by atoms with van der Waals surface area (Å²) < 4.78 is 0. The van der Waals surface area contributed by atoms with E-state index in [2.05, 4.69) is 0 Å². The van der Waals surface area contributed by atoms with E-state index in [-0.39, 0.29) is 5.91 Å². The summed E-state index contributed by atoms with van der Waals surface area (Å²) in [4.78, 5) is 24.4. The second-order valence-corrected chi connectivity index (χ2v) is 4.22. The number of allylic oxidation sites excluding steroid dienone is 1. The number of nitrogens with zero attached hydrogens (tertiary/aromatic N) is 1. The van der Waals surface area contributed by atoms with E-state index in [9.17, 15) is 9.59 Å². The molecule has 0 aliphatic carbocycles. The molecule has 1 unspecified atom stereocenters. The first-order chi connectivity index (χ1) is 7.56. The smallest absolute Gasteiger partial charge is 0.308 e. The molecule has 1 atom stereocenters. The highest BCUT2D eigenvalue weighted by Gasteiger charge is 2.28. The van der Waals surface area contributed by atoms with Crippen molar-refractivity contribution in [3.8, 4) is 0 Å². The lowest BCUT2D eigenvalue weighted by Gasteiger charge is -2.31. The van der Waals surface area contributed by atoms with Gasteiger partial charge in [0.1, 0.15) is 0 Å². The summed E-state index contributed by atoms with van der Waals surface area (Å²) in [5, 5.41) is 8.93. The number of carboxylic acids is 1. The fourth-order valence-electron chi connectivity index (χ4n) is 2.01. The van der Waals surface area contributed by atoms with Gasteiger partial charge in [-0.1, -0.05) is 13.0 Å². The highest BCUT2D eigenvalue weighted by atomic mass is 16.4. The summed E-state index contributed by atoms with van der Waals surface area (Å²) in [6.07, 6.45) is 4.16. The SMILES string of the molecule is CC/C=C(\C)C(=O)N1CCCC(C(=O)O)C1. The number of carbonyl (C=O) groups is 2. The van der Waals surface area contributed by atoms with Crippen LogP contribution in [0.2, 0.25) is 0 Å². The molecule has 1 heterocycles. The van der Waals surface area contributed by atoms with Crippen molar-refractivity contribution in [2.75, 3.05) is 13.1 Å². The van der Waals surface area contributed by atoms with E-state index >= 15 is 0 Å². The minimum atomic E-state index is -0.797. The van der Waals surface area contributed by atoms with E-state index < -0.39 is 11.9 Å². The Hall–Kier alpha value is -1.32. The molecule has 16 heavy (non-hydrogen) atoms. The largest absolute Gasteiger partial charge is 0.481 e. The van der Waals surface area contributed by atoms with Crippen LogP contribution in [0, 0.1) is 5.92 Å². The fraction of sp³-hybridized carbons (Fsp3) is 0.667. The number of piperidine rings is 1. The van der Waals surface area contributed by atoms with Crippen LogP contribution in [0.4, 0.5) is 0 Å². The third-order valence-corrected chi connectivity index (χ3v) is 2.91. The van der Waals surface area contributed by atoms with E-state index in [0.29, 0.717) is 25.1 Å². The van der Waals surface area contributed by atoms with Gasteiger partial charge in [-0.2, -0.15) is 0 Å². The van der Waals surface area contributed by atoms with Crippen LogP contribution < -0.4 is 0 Å². The van der Waals surface area contributed by atoms with Gasteiger partial charge in [0.2, 0.25) is 5.91 Å². The van der Waals surface area contributed by atoms with Crippen LogP contribution >= 0.6 is 0 Å². The first-order valence-corrected chi connectivity index (χ1v) is 5.75. The van der Waals surface area contributed by atoms with Crippen LogP contribution in [0.15, 0.2) is 11.6 Å². The minimum absolute atomic E-state index is 0.0206. The van der Waals surface area contributed by atoms with Crippen molar-refractivity contribution in [2.45, 2.75) is 33.1 Å². The van der Waals surface area contributed by atoms with Gasteiger partial charge in [0.25, 0.3) is 0 Å². The molecule has 0 aromatic heterocycles. The predicted molar refractivity (Wildman–Crippen MR) is 61.0 cm³/mol. The van der Waals surface area contributed by atoms with Gasteiger partial charge >= 0.3 is 5.97 Å². The molecular formula is C12H19NO3. The van der Waals surface area contributed by atoms with Crippen molar-refractivity contribution in [1.82, 2.24) is 4.90 Å². The van der Waals surface area contributed by atoms with E-state index in [0.717, 1.165) is 12.8 Å². The van der Waals surface area contributed by atoms with Gasteiger partial charge in [-0.15, -0.1) is 0 Å². The van der Waals surface area contributed by atoms with Gasteiger partial charge in [0.05, 0.1) is 5.92 Å². The predicted octanol–water partition coefficient (Wildman–Crippen LogP) is 1.67. The van der Waals surface area contributed by atoms with Crippen molar-refractivity contribution < 1.29 is 14.7 Å². The topological polar surface area (TPSA) is 57.6 Å². The zero-order valence-corrected chi connectivity index (χ0v) is 9.90. The maximum Gasteiger partial charge on any atom is 0.308 e. The molecule has 0 aromatic carbocycles. The quantitative estimate of drug-likeness (QED) is 0.743. The van der Waals surface area contributed by atoms with Gasteiger partial charge < -0.3 is 10.0 Å². The second-order valence-electron chi connectivity index (χ2n) is 4.22. The fourth-order valence-corrected chi connectivity index (χ4v) is 2.01. The standard InChI is InChI=1S/C12H19NO3/c1-3-5-9(2)11(14)13-7-4-6-10(8-13)12(15)16/h5,10H,3-4,6-8H2,1-2H3,(H,15,16)/b9-5+. The van der Waals surface area contributed by atoms with Gasteiger partial charge in [0.15, 0.2) is 0 Å². The lowest BCUT2D eigenvalue weighted by Crippen LogP contribution is -2.42. The number of hydrogen-bond acceptors (Lipinski definition) is 2. The summed E-state index contributed by atoms with van der Waals surface area (Å²) in [5.74, 6) is -1.21. The first-order valence-electron chi connectivity index (χ1n) is 5.75. The first kappa shape index (κ1) is 12.7. The molecule has 90 valence electrons. The van der Waals surface area contributed by atoms with E-state index in [4.69, 9.17) is 5.11 Å². The molecule has 0 spiro atoms. The van der Waals surface area contributed by atoms with Crippen LogP contribution in [0.3, 0.4) is 0 Å². The molecule has 0 bridgehead atoms. The lowest BCUT2D eigenvalue weighted by atomic mass is 9.97. The van der Waals surface area contributed by atoms with E-state index in [1.165, 1.54) is 0 Å². The average molecular weight is 225 g/mol. The minimum Gasteiger partial charge on any atom is -0.481 e. The Balaban J connectivity index is 2.63. The normalized spacial score (nSPS) is 22.0. The zero-order valence-electron chi connectivity index (χ0n) is 9.90. The highest BCUT2D eigenvalue weighted by Crippen LogP contribution is 2.18. The second kappa shape index (κ2) is 5.68. The molecule has 1 rings (SSSR count). The maximum atomic E-state index is 11.9. The monoisotopic (exact) mass is 225 g/mol. The van der Waals surface area contributed by atoms with Crippen LogP contribution in [0.25, 0.3) is 0 Å². The Labute approximate surface area is 95.9 Å². The number of carbonyl (C=O) groups excluding carboxylic acids is 1. The molecule has 4 heteroatoms. The Kier molecular flexibility index (Phi) is 4.52. The Morgan fingerprint density at radius 1 is 1.50 bits per heavy atom. The molecule has 1 saturated heterocycles. The summed E-state index contributed by atoms with van der Waals surface area (Å²) >= 11 is 0. The van der Waals surface area contributed by atoms with Crippen LogP contribution in [-0.2, 0) is 9.59 Å². The summed E-state index contributed by atoms with van der Waals surface area (Å²) in [5.41, 5.74) is 0.716. The number of carboxylic acid groups (broad SMARTS) is 1. The van der Waals surface area contributed by atoms with Gasteiger partial charge in [-0.05, 0) is 26.2 Å². The summed E-state index contributed by atoms with van der Waals surface area (Å²) in [7, 11) is 0. The molecule has 1 N–H and O–H groups in total. The van der Waals surface area contributed by atoms with Crippen LogP contribution in [0.5, 0.6) is 0 Å². The molecule has 0 radical (unpaired) electrons. The molecule has 1 amide bonds. The number of amides is 1. The van der Waals surface area contributed by atoms with Crippen molar-refractivity contribution in [3.05, 3.63) is 11.6 Å². The summed E-state index contributed by atoms with van der Waals surface area (Å²) in [6.45, 7) is 4.80. The van der Waals surface area contributed by atoms with Gasteiger partial charge in [-0.25, -0.2) is 0 Å². The van der Waals surface area contributed by atoms with Crippen molar-refractivity contribution in [2.24, 2.45) is 5.92 Å². The molecular weight excluding hydrogens is 206 g/mol.